The highest BCUT2D eigenvalue weighted by Gasteiger charge is 2.39. The molecule has 3 N–H and O–H groups in total. The van der Waals surface area contributed by atoms with Gasteiger partial charge in [-0.15, -0.1) is 5.75 Å². The minimum absolute atomic E-state index is 0.0813. The largest absolute Gasteiger partial charge is 0.872 e. The topological polar surface area (TPSA) is 111 Å². The normalized spacial score (nSPS) is 11.0. The Bertz CT molecular complexity index is 2740. The highest BCUT2D eigenvalue weighted by Crippen LogP contribution is 2.52. The number of aryl methyl sites for hydroxylation is 3. The lowest BCUT2D eigenvalue weighted by Gasteiger charge is -2.37. The van der Waals surface area contributed by atoms with Crippen LogP contribution in [0.3, 0.4) is 0 Å². The van der Waals surface area contributed by atoms with Crippen molar-refractivity contribution in [3.63, 3.8) is 0 Å². The van der Waals surface area contributed by atoms with Crippen molar-refractivity contribution in [2.45, 2.75) is 40.0 Å². The SMILES string of the molecule is COc1ccc([N+](c2ccccc2)(c2ccc(OC)cc2)c2ccc(OC)cc2)cc1.Cc1ccc(O)c(Cc2cccc(Cc3cc(C)cc(Cc4cc(C)ccc4O)c3O)c2[O-])c1. The van der Waals surface area contributed by atoms with Crippen LogP contribution in [0.15, 0.2) is 170 Å². The molecule has 0 amide bonds. The third-order valence-electron chi connectivity index (χ3n) is 11.7. The van der Waals surface area contributed by atoms with Gasteiger partial charge in [0, 0.05) is 67.8 Å². The molecular formula is C57H55NO7. The summed E-state index contributed by atoms with van der Waals surface area (Å²) in [5.74, 6) is 2.89. The van der Waals surface area contributed by atoms with Gasteiger partial charge in [0.15, 0.2) is 0 Å². The summed E-state index contributed by atoms with van der Waals surface area (Å²) >= 11 is 0. The zero-order valence-electron chi connectivity index (χ0n) is 37.7. The highest BCUT2D eigenvalue weighted by molar-refractivity contribution is 5.82. The van der Waals surface area contributed by atoms with Crippen molar-refractivity contribution in [2.75, 3.05) is 21.3 Å². The number of nitrogens with zero attached hydrogens (tertiary/aromatic N) is 1. The summed E-state index contributed by atoms with van der Waals surface area (Å²) in [4.78, 5) is 0. The third kappa shape index (κ3) is 10.1. The van der Waals surface area contributed by atoms with E-state index in [9.17, 15) is 20.4 Å². The molecule has 0 fully saturated rings. The van der Waals surface area contributed by atoms with Crippen molar-refractivity contribution in [3.05, 3.63) is 220 Å². The van der Waals surface area contributed by atoms with Gasteiger partial charge in [-0.25, -0.2) is 0 Å². The minimum Gasteiger partial charge on any atom is -0.872 e. The van der Waals surface area contributed by atoms with Gasteiger partial charge in [0.2, 0.25) is 0 Å². The van der Waals surface area contributed by atoms with Crippen LogP contribution in [-0.2, 0) is 19.3 Å². The van der Waals surface area contributed by atoms with Gasteiger partial charge in [-0.05, 0) is 91.6 Å². The molecule has 0 spiro atoms. The second-order valence-electron chi connectivity index (χ2n) is 16.2. The maximum atomic E-state index is 13.2. The Morgan fingerprint density at radius 2 is 0.738 bits per heavy atom. The Labute approximate surface area is 382 Å². The second-order valence-corrected chi connectivity index (χ2v) is 16.2. The van der Waals surface area contributed by atoms with E-state index in [2.05, 4.69) is 60.7 Å². The van der Waals surface area contributed by atoms with E-state index < -0.39 is 0 Å². The molecule has 0 aliphatic carbocycles. The van der Waals surface area contributed by atoms with Gasteiger partial charge in [0.05, 0.1) is 21.3 Å². The first-order valence-electron chi connectivity index (χ1n) is 21.5. The van der Waals surface area contributed by atoms with Gasteiger partial charge >= 0.3 is 0 Å². The zero-order valence-corrected chi connectivity index (χ0v) is 37.7. The summed E-state index contributed by atoms with van der Waals surface area (Å²) in [7, 11) is 5.05. The number of methoxy groups -OCH3 is 3. The fraction of sp³-hybridized carbons (Fsp3) is 0.158. The van der Waals surface area contributed by atoms with Gasteiger partial charge in [-0.1, -0.05) is 101 Å². The van der Waals surface area contributed by atoms with Gasteiger partial charge < -0.3 is 34.6 Å². The quantitative estimate of drug-likeness (QED) is 0.0990. The van der Waals surface area contributed by atoms with Crippen LogP contribution in [0, 0.1) is 20.8 Å². The molecule has 0 bridgehead atoms. The molecule has 0 radical (unpaired) electrons. The summed E-state index contributed by atoms with van der Waals surface area (Å²) in [6, 6.07) is 55.2. The van der Waals surface area contributed by atoms with Crippen LogP contribution in [0.1, 0.15) is 50.1 Å². The molecule has 8 rings (SSSR count). The summed E-state index contributed by atoms with van der Waals surface area (Å²) < 4.78 is 16.7. The van der Waals surface area contributed by atoms with E-state index >= 15 is 0 Å². The van der Waals surface area contributed by atoms with E-state index in [-0.39, 0.29) is 23.0 Å². The van der Waals surface area contributed by atoms with Gasteiger partial charge in [-0.2, -0.15) is 4.48 Å². The smallest absolute Gasteiger partial charge is 0.148 e. The minimum atomic E-state index is -0.0813. The van der Waals surface area contributed by atoms with Crippen LogP contribution in [0.2, 0.25) is 0 Å². The van der Waals surface area contributed by atoms with Gasteiger partial charge in [0.25, 0.3) is 0 Å². The molecular weight excluding hydrogens is 811 g/mol. The lowest BCUT2D eigenvalue weighted by atomic mass is 9.93. The fourth-order valence-corrected chi connectivity index (χ4v) is 8.41. The van der Waals surface area contributed by atoms with Crippen LogP contribution in [0.4, 0.5) is 22.7 Å². The fourth-order valence-electron chi connectivity index (χ4n) is 8.41. The molecule has 0 unspecified atom stereocenters. The van der Waals surface area contributed by atoms with Crippen LogP contribution in [-0.4, -0.2) is 36.6 Å². The van der Waals surface area contributed by atoms with Crippen LogP contribution >= 0.6 is 0 Å². The number of benzene rings is 8. The average Bonchev–Trinajstić information content (AvgIpc) is 3.33. The average molecular weight is 866 g/mol. The number of phenolic OH excluding ortho intramolecular Hbond substituents is 3. The number of para-hydroxylation sites is 2. The molecule has 0 atom stereocenters. The Balaban J connectivity index is 0.000000195. The van der Waals surface area contributed by atoms with Crippen molar-refractivity contribution in [1.82, 2.24) is 4.48 Å². The number of ether oxygens (including phenoxy) is 3. The van der Waals surface area contributed by atoms with Crippen molar-refractivity contribution >= 4 is 22.7 Å². The lowest BCUT2D eigenvalue weighted by Crippen LogP contribution is -2.33. The molecule has 65 heavy (non-hydrogen) atoms. The van der Waals surface area contributed by atoms with Crippen molar-refractivity contribution in [2.24, 2.45) is 0 Å². The Hall–Kier alpha value is -7.68. The molecule has 0 saturated carbocycles. The Kier molecular flexibility index (Phi) is 14.1. The maximum absolute atomic E-state index is 13.2. The summed E-state index contributed by atoms with van der Waals surface area (Å²) in [5.41, 5.74) is 11.5. The number of aromatic hydroxyl groups is 3. The monoisotopic (exact) mass is 865 g/mol. The van der Waals surface area contributed by atoms with E-state index in [1.165, 1.54) is 0 Å². The molecule has 0 aliphatic heterocycles. The van der Waals surface area contributed by atoms with Crippen molar-refractivity contribution in [3.8, 4) is 40.2 Å². The van der Waals surface area contributed by atoms with E-state index in [4.69, 9.17) is 14.2 Å². The lowest BCUT2D eigenvalue weighted by molar-refractivity contribution is -0.270. The van der Waals surface area contributed by atoms with Crippen LogP contribution in [0.25, 0.3) is 0 Å². The summed E-state index contributed by atoms with van der Waals surface area (Å²) in [5, 5.41) is 44.7. The maximum Gasteiger partial charge on any atom is 0.148 e. The predicted molar refractivity (Wildman–Crippen MR) is 259 cm³/mol. The number of hydrogen-bond donors (Lipinski definition) is 3. The number of rotatable bonds is 13. The molecule has 8 heteroatoms. The molecule has 8 aromatic rings. The molecule has 330 valence electrons. The van der Waals surface area contributed by atoms with Crippen LogP contribution < -0.4 is 23.8 Å². The first-order valence-corrected chi connectivity index (χ1v) is 21.5. The standard InChI is InChI=1S/C30H30O4.C27H26NO3/c1-18-7-9-27(31)23(11-18)15-21-5-4-6-22(29(21)33)16-25-13-20(3)14-26(30(25)34)17-24-12-19(2)8-10-28(24)32;1-29-25-15-9-22(10-16-25)28(21-7-5-4-6-8-21,23-11-17-26(30-2)18-12-23)24-13-19-27(31-3)20-14-24/h4-14,31-34H,15-17H2,1-3H3;4-20H,1-3H3/q;+1/p-1. The zero-order chi connectivity index (χ0) is 46.1. The van der Waals surface area contributed by atoms with E-state index in [1.54, 1.807) is 45.6 Å². The molecule has 0 aromatic heterocycles. The highest BCUT2D eigenvalue weighted by atomic mass is 16.5. The summed E-state index contributed by atoms with van der Waals surface area (Å²) in [6.07, 6.45) is 1.04. The van der Waals surface area contributed by atoms with Crippen molar-refractivity contribution < 1.29 is 34.6 Å². The number of quaternary nitrogens is 1. The number of hydrogen-bond acceptors (Lipinski definition) is 7. The van der Waals surface area contributed by atoms with E-state index in [1.807, 2.05) is 106 Å². The molecule has 0 aliphatic rings. The first-order chi connectivity index (χ1) is 31.4. The summed E-state index contributed by atoms with van der Waals surface area (Å²) in [6.45, 7) is 5.87. The molecule has 0 heterocycles. The Morgan fingerprint density at radius 3 is 1.14 bits per heavy atom. The molecule has 0 saturated heterocycles. The number of phenols is 3. The van der Waals surface area contributed by atoms with E-state index in [0.717, 1.165) is 62.3 Å². The molecule has 8 aromatic carbocycles. The van der Waals surface area contributed by atoms with Crippen LogP contribution in [0.5, 0.6) is 40.2 Å². The van der Waals surface area contributed by atoms with E-state index in [0.29, 0.717) is 51.6 Å². The van der Waals surface area contributed by atoms with Crippen molar-refractivity contribution in [1.29, 1.82) is 0 Å². The first kappa shape index (κ1) is 45.3. The third-order valence-corrected chi connectivity index (χ3v) is 11.7. The van der Waals surface area contributed by atoms with Gasteiger partial charge in [0.1, 0.15) is 57.2 Å². The second kappa shape index (κ2) is 20.2. The van der Waals surface area contributed by atoms with Gasteiger partial charge in [-0.3, -0.25) is 0 Å². The Morgan fingerprint density at radius 1 is 0.385 bits per heavy atom. The molecule has 8 nitrogen and oxygen atoms in total. The predicted octanol–water partition coefficient (Wildman–Crippen LogP) is 12.6.